The number of Topliss-reactive ketones (excluding diaryl/α,β-unsaturated/α-hetero) is 1. The molecule has 1 aliphatic heterocycles. The molecular formula is C25H29ClN2O4. The predicted octanol–water partition coefficient (Wildman–Crippen LogP) is 1.89. The number of quaternary nitrogens is 1. The molecule has 3 rings (SSSR count). The van der Waals surface area contributed by atoms with Crippen LogP contribution in [0.4, 0.5) is 0 Å². The molecule has 6 nitrogen and oxygen atoms in total. The number of carbonyl (C=O) groups excluding carboxylic acids is 2. The number of nitrogens with one attached hydrogen (secondary N) is 1. The van der Waals surface area contributed by atoms with E-state index in [0.29, 0.717) is 28.4 Å². The SMILES string of the molecule is CC[NH+](CC)CCCN1C(=O)C(=O)/C(=C(/[O-])c2ccc(OC)cc2)C1c1ccc(Cl)cc1. The van der Waals surface area contributed by atoms with Gasteiger partial charge in [-0.3, -0.25) is 9.59 Å². The fraction of sp³-hybridized carbons (Fsp3) is 0.360. The molecule has 0 bridgehead atoms. The van der Waals surface area contributed by atoms with Crippen LogP contribution in [0.25, 0.3) is 5.76 Å². The van der Waals surface area contributed by atoms with Gasteiger partial charge in [0, 0.05) is 23.6 Å². The molecule has 0 aromatic heterocycles. The smallest absolute Gasteiger partial charge is 0.295 e. The molecule has 1 heterocycles. The first-order valence-corrected chi connectivity index (χ1v) is 11.3. The topological polar surface area (TPSA) is 74.1 Å². The van der Waals surface area contributed by atoms with Crippen LogP contribution in [0.1, 0.15) is 37.4 Å². The second-order valence-corrected chi connectivity index (χ2v) is 8.25. The first-order chi connectivity index (χ1) is 15.4. The van der Waals surface area contributed by atoms with E-state index in [9.17, 15) is 14.7 Å². The first-order valence-electron chi connectivity index (χ1n) is 10.9. The lowest BCUT2D eigenvalue weighted by Crippen LogP contribution is -3.11. The van der Waals surface area contributed by atoms with Crippen molar-refractivity contribution < 1.29 is 24.3 Å². The zero-order chi connectivity index (χ0) is 23.3. The number of benzene rings is 2. The minimum atomic E-state index is -0.735. The Morgan fingerprint density at radius 2 is 1.69 bits per heavy atom. The molecule has 170 valence electrons. The number of rotatable bonds is 9. The van der Waals surface area contributed by atoms with E-state index in [-0.39, 0.29) is 5.57 Å². The van der Waals surface area contributed by atoms with Gasteiger partial charge in [0.2, 0.25) is 5.78 Å². The summed E-state index contributed by atoms with van der Waals surface area (Å²) in [5, 5.41) is 13.9. The maximum absolute atomic E-state index is 13.4. The number of methoxy groups -OCH3 is 1. The van der Waals surface area contributed by atoms with Crippen molar-refractivity contribution in [3.05, 3.63) is 70.3 Å². The summed E-state index contributed by atoms with van der Waals surface area (Å²) >= 11 is 6.05. The minimum Gasteiger partial charge on any atom is -0.872 e. The fourth-order valence-electron chi connectivity index (χ4n) is 4.09. The zero-order valence-electron chi connectivity index (χ0n) is 18.7. The molecule has 1 saturated heterocycles. The summed E-state index contributed by atoms with van der Waals surface area (Å²) < 4.78 is 5.15. The van der Waals surface area contributed by atoms with Crippen LogP contribution in [0.5, 0.6) is 5.75 Å². The number of likely N-dealkylation sites (tertiary alicyclic amines) is 1. The van der Waals surface area contributed by atoms with Gasteiger partial charge in [0.05, 0.1) is 32.8 Å². The minimum absolute atomic E-state index is 0.0160. The molecule has 32 heavy (non-hydrogen) atoms. The van der Waals surface area contributed by atoms with Gasteiger partial charge in [-0.15, -0.1) is 0 Å². The quantitative estimate of drug-likeness (QED) is 0.355. The summed E-state index contributed by atoms with van der Waals surface area (Å²) in [6.45, 7) is 7.54. The largest absolute Gasteiger partial charge is 0.872 e. The molecule has 1 unspecified atom stereocenters. The van der Waals surface area contributed by atoms with Gasteiger partial charge in [0.15, 0.2) is 0 Å². The van der Waals surface area contributed by atoms with Crippen LogP contribution in [0, 0.1) is 0 Å². The average Bonchev–Trinajstić information content (AvgIpc) is 3.07. The van der Waals surface area contributed by atoms with E-state index in [1.807, 2.05) is 0 Å². The second-order valence-electron chi connectivity index (χ2n) is 7.81. The number of ketones is 1. The summed E-state index contributed by atoms with van der Waals surface area (Å²) in [7, 11) is 1.54. The third-order valence-electron chi connectivity index (χ3n) is 6.00. The van der Waals surface area contributed by atoms with Crippen LogP contribution in [0.15, 0.2) is 54.1 Å². The van der Waals surface area contributed by atoms with E-state index in [4.69, 9.17) is 16.3 Å². The number of nitrogens with zero attached hydrogens (tertiary/aromatic N) is 1. The third kappa shape index (κ3) is 4.97. The second kappa shape index (κ2) is 10.7. The number of ether oxygens (including phenoxy) is 1. The van der Waals surface area contributed by atoms with Gasteiger partial charge in [0.1, 0.15) is 5.75 Å². The lowest BCUT2D eigenvalue weighted by atomic mass is 9.95. The normalized spacial score (nSPS) is 17.9. The third-order valence-corrected chi connectivity index (χ3v) is 6.25. The Morgan fingerprint density at radius 1 is 1.06 bits per heavy atom. The number of amides is 1. The van der Waals surface area contributed by atoms with Crippen LogP contribution >= 0.6 is 11.6 Å². The highest BCUT2D eigenvalue weighted by Gasteiger charge is 2.43. The van der Waals surface area contributed by atoms with E-state index in [1.165, 1.54) is 9.80 Å². The summed E-state index contributed by atoms with van der Waals surface area (Å²) in [6, 6.07) is 12.8. The number of hydrogen-bond acceptors (Lipinski definition) is 4. The van der Waals surface area contributed by atoms with Crippen LogP contribution in [0.2, 0.25) is 5.02 Å². The van der Waals surface area contributed by atoms with Crippen molar-refractivity contribution in [1.29, 1.82) is 0 Å². The van der Waals surface area contributed by atoms with Crippen molar-refractivity contribution in [1.82, 2.24) is 4.90 Å². The highest BCUT2D eigenvalue weighted by molar-refractivity contribution is 6.46. The number of halogens is 1. The monoisotopic (exact) mass is 456 g/mol. The van der Waals surface area contributed by atoms with Gasteiger partial charge in [-0.05, 0) is 49.2 Å². The zero-order valence-corrected chi connectivity index (χ0v) is 19.4. The Labute approximate surface area is 194 Å². The highest BCUT2D eigenvalue weighted by Crippen LogP contribution is 2.39. The summed E-state index contributed by atoms with van der Waals surface area (Å²) in [4.78, 5) is 28.9. The Kier molecular flexibility index (Phi) is 7.94. The van der Waals surface area contributed by atoms with Crippen LogP contribution in [-0.4, -0.2) is 49.9 Å². The number of carbonyl (C=O) groups is 2. The van der Waals surface area contributed by atoms with E-state index < -0.39 is 23.5 Å². The molecule has 0 saturated carbocycles. The average molecular weight is 457 g/mol. The summed E-state index contributed by atoms with van der Waals surface area (Å²) in [6.07, 6.45) is 0.740. The summed E-state index contributed by atoms with van der Waals surface area (Å²) in [5.74, 6) is -1.20. The molecule has 1 fully saturated rings. The predicted molar refractivity (Wildman–Crippen MR) is 122 cm³/mol. The molecule has 1 N–H and O–H groups in total. The Hall–Kier alpha value is -2.83. The van der Waals surface area contributed by atoms with Crippen molar-refractivity contribution in [2.75, 3.05) is 33.3 Å². The molecule has 1 atom stereocenters. The van der Waals surface area contributed by atoms with E-state index in [2.05, 4.69) is 13.8 Å². The molecule has 2 aromatic carbocycles. The Morgan fingerprint density at radius 3 is 2.25 bits per heavy atom. The van der Waals surface area contributed by atoms with Crippen molar-refractivity contribution in [2.24, 2.45) is 0 Å². The molecule has 7 heteroatoms. The van der Waals surface area contributed by atoms with Gasteiger partial charge in [-0.1, -0.05) is 41.6 Å². The van der Waals surface area contributed by atoms with Gasteiger partial charge in [0.25, 0.3) is 5.91 Å². The van der Waals surface area contributed by atoms with Gasteiger partial charge in [-0.2, -0.15) is 0 Å². The molecule has 0 aliphatic carbocycles. The molecule has 2 aromatic rings. The van der Waals surface area contributed by atoms with Crippen LogP contribution in [-0.2, 0) is 9.59 Å². The van der Waals surface area contributed by atoms with Crippen molar-refractivity contribution >= 4 is 29.1 Å². The van der Waals surface area contributed by atoms with Gasteiger partial charge < -0.3 is 19.6 Å². The van der Waals surface area contributed by atoms with Crippen molar-refractivity contribution in [3.63, 3.8) is 0 Å². The van der Waals surface area contributed by atoms with E-state index >= 15 is 0 Å². The first kappa shape index (κ1) is 23.8. The van der Waals surface area contributed by atoms with Gasteiger partial charge >= 0.3 is 0 Å². The number of hydrogen-bond donors (Lipinski definition) is 1. The van der Waals surface area contributed by atoms with Crippen molar-refractivity contribution in [3.8, 4) is 5.75 Å². The van der Waals surface area contributed by atoms with Crippen molar-refractivity contribution in [2.45, 2.75) is 26.3 Å². The lowest BCUT2D eigenvalue weighted by Gasteiger charge is -2.28. The van der Waals surface area contributed by atoms with E-state index in [0.717, 1.165) is 26.1 Å². The molecule has 1 aliphatic rings. The van der Waals surface area contributed by atoms with E-state index in [1.54, 1.807) is 55.6 Å². The summed E-state index contributed by atoms with van der Waals surface area (Å²) in [5.41, 5.74) is 1.02. The van der Waals surface area contributed by atoms with Crippen LogP contribution in [0.3, 0.4) is 0 Å². The maximum Gasteiger partial charge on any atom is 0.295 e. The van der Waals surface area contributed by atoms with Gasteiger partial charge in [-0.25, -0.2) is 0 Å². The molecule has 1 amide bonds. The molecule has 0 spiro atoms. The Bertz CT molecular complexity index is 982. The standard InChI is InChI=1S/C25H29ClN2O4/c1-4-27(5-2)15-6-16-28-22(17-7-11-19(26)12-8-17)21(24(30)25(28)31)23(29)18-9-13-20(32-3)14-10-18/h7-14,22,29H,4-6,15-16H2,1-3H3/b23-21+. The molecular weight excluding hydrogens is 428 g/mol. The molecule has 0 radical (unpaired) electrons. The fourth-order valence-corrected chi connectivity index (χ4v) is 4.22. The Balaban J connectivity index is 2.01. The van der Waals surface area contributed by atoms with Crippen LogP contribution < -0.4 is 14.7 Å². The maximum atomic E-state index is 13.4. The highest BCUT2D eigenvalue weighted by atomic mass is 35.5. The lowest BCUT2D eigenvalue weighted by molar-refractivity contribution is -0.896.